The summed E-state index contributed by atoms with van der Waals surface area (Å²) in [4.78, 5) is 24.7. The van der Waals surface area contributed by atoms with Gasteiger partial charge in [-0.1, -0.05) is 47.0 Å². The van der Waals surface area contributed by atoms with Crippen LogP contribution in [0.15, 0.2) is 0 Å². The van der Waals surface area contributed by atoms with Gasteiger partial charge in [-0.05, 0) is 37.0 Å². The van der Waals surface area contributed by atoms with Crippen molar-refractivity contribution in [3.63, 3.8) is 0 Å². The number of nitrogens with zero attached hydrogens (tertiary/aromatic N) is 1. The van der Waals surface area contributed by atoms with E-state index in [0.717, 1.165) is 19.3 Å². The molecule has 2 N–H and O–H groups in total. The number of hydrogen-bond donors (Lipinski definition) is 2. The molecule has 5 heteroatoms. The number of hydrogen-bond acceptors (Lipinski definition) is 3. The van der Waals surface area contributed by atoms with Crippen molar-refractivity contribution in [3.8, 4) is 6.07 Å². The molecule has 0 amide bonds. The molecule has 1 fully saturated rings. The largest absolute Gasteiger partial charge is 0.481 e. The molecular weight excluding hydrogens is 294 g/mol. The summed E-state index contributed by atoms with van der Waals surface area (Å²) in [6.45, 7) is 7.12. The van der Waals surface area contributed by atoms with Crippen LogP contribution in [0.4, 0.5) is 0 Å². The van der Waals surface area contributed by atoms with Crippen LogP contribution in [-0.4, -0.2) is 22.2 Å². The van der Waals surface area contributed by atoms with E-state index < -0.39 is 34.1 Å². The van der Waals surface area contributed by atoms with E-state index in [0.29, 0.717) is 19.3 Å². The molecule has 0 aromatic heterocycles. The lowest BCUT2D eigenvalue weighted by atomic mass is 9.45. The molecule has 1 rings (SSSR count). The Balaban J connectivity index is 3.74. The van der Waals surface area contributed by atoms with Crippen molar-refractivity contribution in [1.82, 2.24) is 0 Å². The molecule has 5 nitrogen and oxygen atoms in total. The fraction of sp³-hybridized carbons (Fsp3) is 0.833. The van der Waals surface area contributed by atoms with Gasteiger partial charge in [0.15, 0.2) is 5.41 Å². The third kappa shape index (κ3) is 2.62. The van der Waals surface area contributed by atoms with Crippen LogP contribution >= 0.6 is 0 Å². The lowest BCUT2D eigenvalue weighted by molar-refractivity contribution is -0.190. The highest BCUT2D eigenvalue weighted by atomic mass is 16.4. The molecule has 0 bridgehead atoms. The standard InChI is InChI=1S/C18H29NO4/c1-5-16(3,4)18(6-2,15(22)23)17(12-19,14(20)21)13-10-8-7-9-11-13/h13H,5-11H2,1-4H3,(H,20,21)(H,22,23). The average Bonchev–Trinajstić information content (AvgIpc) is 2.52. The minimum atomic E-state index is -1.90. The minimum absolute atomic E-state index is 0.125. The van der Waals surface area contributed by atoms with Crippen LogP contribution in [0.1, 0.15) is 72.6 Å². The highest BCUT2D eigenvalue weighted by Gasteiger charge is 2.69. The summed E-state index contributed by atoms with van der Waals surface area (Å²) in [5, 5.41) is 30.2. The quantitative estimate of drug-likeness (QED) is 0.735. The van der Waals surface area contributed by atoms with Crippen molar-refractivity contribution in [1.29, 1.82) is 5.26 Å². The van der Waals surface area contributed by atoms with E-state index in [9.17, 15) is 25.1 Å². The topological polar surface area (TPSA) is 98.4 Å². The zero-order valence-electron chi connectivity index (χ0n) is 14.7. The van der Waals surface area contributed by atoms with Crippen LogP contribution in [0.25, 0.3) is 0 Å². The van der Waals surface area contributed by atoms with Gasteiger partial charge in [0.2, 0.25) is 0 Å². The molecule has 1 aliphatic carbocycles. The second kappa shape index (κ2) is 6.90. The Morgan fingerprint density at radius 1 is 1.04 bits per heavy atom. The summed E-state index contributed by atoms with van der Waals surface area (Å²) in [5.74, 6) is -2.86. The molecule has 0 heterocycles. The normalized spacial score (nSPS) is 21.7. The van der Waals surface area contributed by atoms with Gasteiger partial charge < -0.3 is 10.2 Å². The Labute approximate surface area is 138 Å². The molecule has 1 saturated carbocycles. The predicted molar refractivity (Wildman–Crippen MR) is 86.7 cm³/mol. The monoisotopic (exact) mass is 323 g/mol. The maximum atomic E-state index is 12.4. The SMILES string of the molecule is CCC(C)(C)C(CC)(C(=O)O)C(C#N)(C(=O)O)C1CCCCC1. The van der Waals surface area contributed by atoms with E-state index in [1.54, 1.807) is 20.8 Å². The number of rotatable bonds is 7. The summed E-state index contributed by atoms with van der Waals surface area (Å²) in [6.07, 6.45) is 4.56. The van der Waals surface area contributed by atoms with E-state index in [1.807, 2.05) is 13.0 Å². The Hall–Kier alpha value is -1.57. The predicted octanol–water partition coefficient (Wildman–Crippen LogP) is 4.08. The number of carboxylic acid groups (broad SMARTS) is 2. The number of nitriles is 1. The molecule has 0 aromatic rings. The zero-order valence-corrected chi connectivity index (χ0v) is 14.7. The van der Waals surface area contributed by atoms with Crippen molar-refractivity contribution < 1.29 is 19.8 Å². The molecular formula is C18H29NO4. The fourth-order valence-corrected chi connectivity index (χ4v) is 4.68. The first-order valence-electron chi connectivity index (χ1n) is 8.56. The van der Waals surface area contributed by atoms with Crippen LogP contribution < -0.4 is 0 Å². The van der Waals surface area contributed by atoms with Gasteiger partial charge in [-0.3, -0.25) is 9.59 Å². The molecule has 2 atom stereocenters. The van der Waals surface area contributed by atoms with Crippen molar-refractivity contribution >= 4 is 11.9 Å². The van der Waals surface area contributed by atoms with Crippen molar-refractivity contribution in [2.45, 2.75) is 72.6 Å². The van der Waals surface area contributed by atoms with E-state index in [4.69, 9.17) is 0 Å². The maximum Gasteiger partial charge on any atom is 0.325 e. The van der Waals surface area contributed by atoms with Gasteiger partial charge in [0.05, 0.1) is 6.07 Å². The second-order valence-electron chi connectivity index (χ2n) is 7.36. The van der Waals surface area contributed by atoms with E-state index in [2.05, 4.69) is 0 Å². The second-order valence-corrected chi connectivity index (χ2v) is 7.36. The lowest BCUT2D eigenvalue weighted by Crippen LogP contribution is -2.62. The van der Waals surface area contributed by atoms with Gasteiger partial charge in [-0.25, -0.2) is 0 Å². The van der Waals surface area contributed by atoms with Crippen molar-refractivity contribution in [2.24, 2.45) is 22.2 Å². The molecule has 0 radical (unpaired) electrons. The molecule has 0 saturated heterocycles. The Morgan fingerprint density at radius 2 is 1.57 bits per heavy atom. The molecule has 0 aliphatic heterocycles. The number of carboxylic acids is 2. The summed E-state index contributed by atoms with van der Waals surface area (Å²) >= 11 is 0. The third-order valence-corrected chi connectivity index (χ3v) is 6.34. The van der Waals surface area contributed by atoms with Crippen LogP contribution in [0.3, 0.4) is 0 Å². The lowest BCUT2D eigenvalue weighted by Gasteiger charge is -2.53. The fourth-order valence-electron chi connectivity index (χ4n) is 4.68. The molecule has 2 unspecified atom stereocenters. The molecule has 23 heavy (non-hydrogen) atoms. The average molecular weight is 323 g/mol. The number of carbonyl (C=O) groups is 2. The van der Waals surface area contributed by atoms with Gasteiger partial charge in [0, 0.05) is 0 Å². The van der Waals surface area contributed by atoms with Crippen LogP contribution in [0, 0.1) is 33.5 Å². The zero-order chi connectivity index (χ0) is 17.9. The van der Waals surface area contributed by atoms with Crippen LogP contribution in [0.2, 0.25) is 0 Å². The Kier molecular flexibility index (Phi) is 5.84. The van der Waals surface area contributed by atoms with E-state index in [-0.39, 0.29) is 6.42 Å². The van der Waals surface area contributed by atoms with E-state index in [1.165, 1.54) is 0 Å². The smallest absolute Gasteiger partial charge is 0.325 e. The molecule has 0 spiro atoms. The summed E-state index contributed by atoms with van der Waals surface area (Å²) in [7, 11) is 0. The number of aliphatic carboxylic acids is 2. The summed E-state index contributed by atoms with van der Waals surface area (Å²) in [5.41, 5.74) is -4.32. The van der Waals surface area contributed by atoms with Crippen LogP contribution in [-0.2, 0) is 9.59 Å². The maximum absolute atomic E-state index is 12.4. The van der Waals surface area contributed by atoms with Gasteiger partial charge in [0.25, 0.3) is 0 Å². The van der Waals surface area contributed by atoms with Crippen LogP contribution in [0.5, 0.6) is 0 Å². The Morgan fingerprint density at radius 3 is 1.87 bits per heavy atom. The first-order chi connectivity index (χ1) is 10.7. The van der Waals surface area contributed by atoms with Gasteiger partial charge in [-0.15, -0.1) is 0 Å². The summed E-state index contributed by atoms with van der Waals surface area (Å²) < 4.78 is 0. The van der Waals surface area contributed by atoms with Crippen molar-refractivity contribution in [3.05, 3.63) is 0 Å². The minimum Gasteiger partial charge on any atom is -0.481 e. The molecule has 1 aliphatic rings. The molecule has 0 aromatic carbocycles. The third-order valence-electron chi connectivity index (χ3n) is 6.34. The Bertz CT molecular complexity index is 502. The van der Waals surface area contributed by atoms with Crippen molar-refractivity contribution in [2.75, 3.05) is 0 Å². The van der Waals surface area contributed by atoms with E-state index >= 15 is 0 Å². The first-order valence-corrected chi connectivity index (χ1v) is 8.56. The molecule has 130 valence electrons. The summed E-state index contributed by atoms with van der Waals surface area (Å²) in [6, 6.07) is 2.02. The van der Waals surface area contributed by atoms with Gasteiger partial charge in [0.1, 0.15) is 5.41 Å². The van der Waals surface area contributed by atoms with Gasteiger partial charge in [-0.2, -0.15) is 5.26 Å². The van der Waals surface area contributed by atoms with Gasteiger partial charge >= 0.3 is 11.9 Å². The highest BCUT2D eigenvalue weighted by molar-refractivity contribution is 5.90. The highest BCUT2D eigenvalue weighted by Crippen LogP contribution is 2.61. The first kappa shape index (κ1) is 19.5.